The van der Waals surface area contributed by atoms with Gasteiger partial charge < -0.3 is 0 Å². The zero-order valence-corrected chi connectivity index (χ0v) is 17.5. The van der Waals surface area contributed by atoms with Crippen molar-refractivity contribution in [3.63, 3.8) is 0 Å². The van der Waals surface area contributed by atoms with Gasteiger partial charge in [-0.05, 0) is 77.7 Å². The van der Waals surface area contributed by atoms with Gasteiger partial charge in [0.1, 0.15) is 17.0 Å². The minimum absolute atomic E-state index is 0.293. The van der Waals surface area contributed by atoms with Crippen molar-refractivity contribution in [3.05, 3.63) is 89.0 Å². The first-order valence-corrected chi connectivity index (χ1v) is 10.7. The van der Waals surface area contributed by atoms with Crippen LogP contribution in [0.2, 0.25) is 0 Å². The molecular weight excluding hydrogens is 396 g/mol. The molecule has 0 aliphatic heterocycles. The number of nitrogens with zero attached hydrogens (tertiary/aromatic N) is 1. The molecule has 0 atom stereocenters. The molecule has 30 heavy (non-hydrogen) atoms. The van der Waals surface area contributed by atoms with Crippen molar-refractivity contribution >= 4 is 11.8 Å². The summed E-state index contributed by atoms with van der Waals surface area (Å²) < 4.78 is 28.3. The third kappa shape index (κ3) is 5.72. The largest absolute Gasteiger partial charge is 0.206 e. The molecule has 0 N–H and O–H groups in total. The maximum absolute atomic E-state index is 14.3. The van der Waals surface area contributed by atoms with Gasteiger partial charge in [0, 0.05) is 5.56 Å². The molecule has 3 aromatic rings. The normalized spacial score (nSPS) is 10.2. The van der Waals surface area contributed by atoms with Crippen molar-refractivity contribution in [2.45, 2.75) is 37.5 Å². The number of rotatable bonds is 6. The second-order valence-corrected chi connectivity index (χ2v) is 7.76. The van der Waals surface area contributed by atoms with Crippen LogP contribution in [0.3, 0.4) is 0 Å². The van der Waals surface area contributed by atoms with E-state index in [1.54, 1.807) is 24.3 Å². The summed E-state index contributed by atoms with van der Waals surface area (Å²) in [5.41, 5.74) is 3.70. The van der Waals surface area contributed by atoms with Crippen LogP contribution >= 0.6 is 11.8 Å². The van der Waals surface area contributed by atoms with Gasteiger partial charge in [-0.25, -0.2) is 8.78 Å². The number of nitriles is 1. The first kappa shape index (κ1) is 21.6. The molecule has 0 bridgehead atoms. The molecule has 0 radical (unpaired) electrons. The number of thioether (sulfide) groups is 1. The lowest BCUT2D eigenvalue weighted by molar-refractivity contribution is 0.603. The van der Waals surface area contributed by atoms with E-state index in [-0.39, 0.29) is 5.82 Å². The Labute approximate surface area is 180 Å². The SMILES string of the molecule is CCCCCc1ccc(C#Cc2ccc(-c3ccc(SC#N)c(F)c3)cc2)c(F)c1. The number of halogens is 2. The maximum atomic E-state index is 14.3. The molecule has 4 heteroatoms. The van der Waals surface area contributed by atoms with Crippen LogP contribution in [-0.2, 0) is 6.42 Å². The Hall–Kier alpha value is -3.08. The van der Waals surface area contributed by atoms with Gasteiger partial charge in [-0.3, -0.25) is 0 Å². The summed E-state index contributed by atoms with van der Waals surface area (Å²) in [6.07, 6.45) is 4.24. The van der Waals surface area contributed by atoms with Crippen molar-refractivity contribution in [2.24, 2.45) is 0 Å². The maximum Gasteiger partial charge on any atom is 0.139 e. The van der Waals surface area contributed by atoms with E-state index < -0.39 is 5.82 Å². The van der Waals surface area contributed by atoms with Gasteiger partial charge in [0.05, 0.1) is 10.5 Å². The fourth-order valence-electron chi connectivity index (χ4n) is 3.09. The van der Waals surface area contributed by atoms with E-state index >= 15 is 0 Å². The summed E-state index contributed by atoms with van der Waals surface area (Å²) in [5.74, 6) is 5.17. The zero-order valence-electron chi connectivity index (χ0n) is 16.7. The van der Waals surface area contributed by atoms with Crippen LogP contribution in [0, 0.1) is 34.1 Å². The quantitative estimate of drug-likeness (QED) is 0.181. The molecule has 0 aliphatic carbocycles. The number of aryl methyl sites for hydroxylation is 1. The van der Waals surface area contributed by atoms with Crippen LogP contribution in [0.15, 0.2) is 65.6 Å². The first-order valence-electron chi connectivity index (χ1n) is 9.87. The predicted octanol–water partition coefficient (Wildman–Crippen LogP) is 7.34. The van der Waals surface area contributed by atoms with E-state index in [4.69, 9.17) is 5.26 Å². The molecule has 0 unspecified atom stereocenters. The minimum atomic E-state index is -0.420. The molecule has 3 aromatic carbocycles. The average Bonchev–Trinajstić information content (AvgIpc) is 2.75. The highest BCUT2D eigenvalue weighted by Crippen LogP contribution is 2.27. The van der Waals surface area contributed by atoms with E-state index in [9.17, 15) is 8.78 Å². The Balaban J connectivity index is 1.72. The molecule has 150 valence electrons. The molecule has 0 saturated heterocycles. The fraction of sp³-hybridized carbons (Fsp3) is 0.192. The average molecular weight is 418 g/mol. The van der Waals surface area contributed by atoms with Crippen LogP contribution in [0.4, 0.5) is 8.78 Å². The summed E-state index contributed by atoms with van der Waals surface area (Å²) in [5, 5.41) is 10.6. The highest BCUT2D eigenvalue weighted by molar-refractivity contribution is 8.03. The summed E-state index contributed by atoms with van der Waals surface area (Å²) in [7, 11) is 0. The third-order valence-electron chi connectivity index (χ3n) is 4.75. The fourth-order valence-corrected chi connectivity index (χ4v) is 3.48. The standard InChI is InChI=1S/C26H21F2NS/c1-2-3-4-5-20-9-13-22(24(27)16-20)12-8-19-6-10-21(11-7-19)23-14-15-26(30-18-29)25(28)17-23/h6-7,9-11,13-17H,2-5H2,1H3. The molecule has 0 spiro atoms. The Morgan fingerprint density at radius 1 is 0.833 bits per heavy atom. The van der Waals surface area contributed by atoms with Gasteiger partial charge in [0.2, 0.25) is 0 Å². The Kier molecular flexibility index (Phi) is 7.66. The highest BCUT2D eigenvalue weighted by Gasteiger charge is 2.06. The molecule has 0 aliphatic rings. The molecule has 3 rings (SSSR count). The highest BCUT2D eigenvalue weighted by atomic mass is 32.2. The van der Waals surface area contributed by atoms with E-state index in [2.05, 4.69) is 18.8 Å². The van der Waals surface area contributed by atoms with E-state index in [1.165, 1.54) is 6.07 Å². The van der Waals surface area contributed by atoms with E-state index in [1.807, 2.05) is 35.7 Å². The Morgan fingerprint density at radius 3 is 2.27 bits per heavy atom. The van der Waals surface area contributed by atoms with Crippen molar-refractivity contribution in [1.82, 2.24) is 0 Å². The summed E-state index contributed by atoms with van der Waals surface area (Å²) >= 11 is 0.801. The third-order valence-corrected chi connectivity index (χ3v) is 5.39. The van der Waals surface area contributed by atoms with Gasteiger partial charge in [-0.1, -0.05) is 55.9 Å². The molecule has 1 nitrogen and oxygen atoms in total. The lowest BCUT2D eigenvalue weighted by Gasteiger charge is -2.04. The van der Waals surface area contributed by atoms with Crippen LogP contribution in [-0.4, -0.2) is 0 Å². The van der Waals surface area contributed by atoms with Crippen molar-refractivity contribution in [2.75, 3.05) is 0 Å². The van der Waals surface area contributed by atoms with Crippen LogP contribution in [0.5, 0.6) is 0 Å². The van der Waals surface area contributed by atoms with Gasteiger partial charge >= 0.3 is 0 Å². The molecule has 0 fully saturated rings. The number of thiocyanates is 1. The van der Waals surface area contributed by atoms with E-state index in [0.29, 0.717) is 10.5 Å². The lowest BCUT2D eigenvalue weighted by atomic mass is 10.0. The van der Waals surface area contributed by atoms with Crippen molar-refractivity contribution < 1.29 is 8.78 Å². The second kappa shape index (κ2) is 10.6. The topological polar surface area (TPSA) is 23.8 Å². The van der Waals surface area contributed by atoms with Crippen molar-refractivity contribution in [3.8, 4) is 28.4 Å². The summed E-state index contributed by atoms with van der Waals surface area (Å²) in [6, 6.07) is 17.4. The molecule has 0 saturated carbocycles. The van der Waals surface area contributed by atoms with Gasteiger partial charge in [-0.2, -0.15) is 5.26 Å². The number of hydrogen-bond acceptors (Lipinski definition) is 2. The Bertz CT molecular complexity index is 1120. The van der Waals surface area contributed by atoms with Gasteiger partial charge in [-0.15, -0.1) is 0 Å². The minimum Gasteiger partial charge on any atom is -0.206 e. The summed E-state index contributed by atoms with van der Waals surface area (Å²) in [6.45, 7) is 2.15. The van der Waals surface area contributed by atoms with Crippen LogP contribution in [0.25, 0.3) is 11.1 Å². The number of hydrogen-bond donors (Lipinski definition) is 0. The van der Waals surface area contributed by atoms with Crippen LogP contribution < -0.4 is 0 Å². The predicted molar refractivity (Wildman–Crippen MR) is 119 cm³/mol. The molecule has 0 heterocycles. The monoisotopic (exact) mass is 417 g/mol. The second-order valence-electron chi connectivity index (χ2n) is 6.94. The Morgan fingerprint density at radius 2 is 1.60 bits per heavy atom. The van der Waals surface area contributed by atoms with Crippen molar-refractivity contribution in [1.29, 1.82) is 5.26 Å². The summed E-state index contributed by atoms with van der Waals surface area (Å²) in [4.78, 5) is 0.308. The van der Waals surface area contributed by atoms with Crippen LogP contribution in [0.1, 0.15) is 42.9 Å². The smallest absolute Gasteiger partial charge is 0.139 e. The van der Waals surface area contributed by atoms with Gasteiger partial charge in [0.25, 0.3) is 0 Å². The molecule has 0 aromatic heterocycles. The lowest BCUT2D eigenvalue weighted by Crippen LogP contribution is -1.90. The van der Waals surface area contributed by atoms with Gasteiger partial charge in [0.15, 0.2) is 0 Å². The van der Waals surface area contributed by atoms with E-state index in [0.717, 1.165) is 59.7 Å². The molecular formula is C26H21F2NS. The zero-order chi connectivity index (χ0) is 21.3. The first-order chi connectivity index (χ1) is 14.6. The number of benzene rings is 3. The molecule has 0 amide bonds. The number of unbranched alkanes of at least 4 members (excludes halogenated alkanes) is 2.